The maximum atomic E-state index is 12.6. The number of ether oxygens (including phenoxy) is 1. The fourth-order valence-electron chi connectivity index (χ4n) is 1.68. The first-order valence-electron chi connectivity index (χ1n) is 6.26. The van der Waals surface area contributed by atoms with E-state index in [4.69, 9.17) is 10.5 Å². The van der Waals surface area contributed by atoms with Gasteiger partial charge in [-0.2, -0.15) is 13.2 Å². The Labute approximate surface area is 102 Å². The van der Waals surface area contributed by atoms with Gasteiger partial charge in [0.25, 0.3) is 0 Å². The van der Waals surface area contributed by atoms with Crippen molar-refractivity contribution in [2.24, 2.45) is 11.7 Å². The quantitative estimate of drug-likeness (QED) is 0.720. The van der Waals surface area contributed by atoms with Crippen molar-refractivity contribution in [3.05, 3.63) is 0 Å². The molecule has 0 spiro atoms. The molecule has 17 heavy (non-hydrogen) atoms. The molecular weight excluding hydrogens is 231 g/mol. The lowest BCUT2D eigenvalue weighted by Crippen LogP contribution is -2.45. The number of unbranched alkanes of at least 4 members (excludes halogenated alkanes) is 1. The molecule has 0 aromatic rings. The largest absolute Gasteiger partial charge is 0.416 e. The highest BCUT2D eigenvalue weighted by molar-refractivity contribution is 4.77. The van der Waals surface area contributed by atoms with Gasteiger partial charge in [0.1, 0.15) is 0 Å². The van der Waals surface area contributed by atoms with E-state index in [1.807, 2.05) is 6.92 Å². The summed E-state index contributed by atoms with van der Waals surface area (Å²) in [6.07, 6.45) is -2.40. The maximum Gasteiger partial charge on any atom is 0.416 e. The Morgan fingerprint density at radius 1 is 1.24 bits per heavy atom. The van der Waals surface area contributed by atoms with Crippen LogP contribution in [0.2, 0.25) is 0 Å². The number of alkyl halides is 3. The summed E-state index contributed by atoms with van der Waals surface area (Å²) in [6.45, 7) is 5.50. The molecule has 0 aliphatic heterocycles. The molecule has 0 aliphatic rings. The van der Waals surface area contributed by atoms with E-state index in [1.54, 1.807) is 0 Å². The Bertz CT molecular complexity index is 195. The van der Waals surface area contributed by atoms with Gasteiger partial charge in [-0.15, -0.1) is 0 Å². The van der Waals surface area contributed by atoms with Gasteiger partial charge in [0.2, 0.25) is 0 Å². The molecule has 0 fully saturated rings. The average Bonchev–Trinajstić information content (AvgIpc) is 2.20. The first-order valence-corrected chi connectivity index (χ1v) is 6.26. The van der Waals surface area contributed by atoms with Crippen molar-refractivity contribution in [2.75, 3.05) is 6.61 Å². The van der Waals surface area contributed by atoms with E-state index in [1.165, 1.54) is 6.92 Å². The third-order valence-corrected chi connectivity index (χ3v) is 2.85. The highest BCUT2D eigenvalue weighted by Gasteiger charge is 2.43. The summed E-state index contributed by atoms with van der Waals surface area (Å²) in [7, 11) is 0. The third-order valence-electron chi connectivity index (χ3n) is 2.85. The Hall–Kier alpha value is -0.290. The smallest absolute Gasteiger partial charge is 0.367 e. The Morgan fingerprint density at radius 3 is 2.18 bits per heavy atom. The molecule has 0 aromatic carbocycles. The van der Waals surface area contributed by atoms with Crippen LogP contribution < -0.4 is 5.73 Å². The molecule has 0 bridgehead atoms. The monoisotopic (exact) mass is 255 g/mol. The van der Waals surface area contributed by atoms with Crippen LogP contribution in [0, 0.1) is 5.92 Å². The second-order valence-corrected chi connectivity index (χ2v) is 4.57. The molecular formula is C12H24F3NO. The SMILES string of the molecule is CCCCC(CC)COC(C(C)N)C(F)(F)F. The van der Waals surface area contributed by atoms with E-state index in [9.17, 15) is 13.2 Å². The van der Waals surface area contributed by atoms with Gasteiger partial charge in [0, 0.05) is 6.04 Å². The maximum absolute atomic E-state index is 12.6. The topological polar surface area (TPSA) is 35.2 Å². The third kappa shape index (κ3) is 6.88. The minimum atomic E-state index is -4.38. The molecule has 3 atom stereocenters. The minimum Gasteiger partial charge on any atom is -0.367 e. The van der Waals surface area contributed by atoms with Gasteiger partial charge in [-0.1, -0.05) is 33.1 Å². The molecule has 5 heteroatoms. The number of rotatable bonds is 8. The van der Waals surface area contributed by atoms with E-state index in [-0.39, 0.29) is 12.5 Å². The summed E-state index contributed by atoms with van der Waals surface area (Å²) in [5.41, 5.74) is 5.31. The molecule has 0 saturated carbocycles. The Balaban J connectivity index is 4.19. The van der Waals surface area contributed by atoms with Crippen LogP contribution >= 0.6 is 0 Å². The Morgan fingerprint density at radius 2 is 1.82 bits per heavy atom. The van der Waals surface area contributed by atoms with Crippen molar-refractivity contribution in [1.29, 1.82) is 0 Å². The zero-order valence-electron chi connectivity index (χ0n) is 10.9. The second-order valence-electron chi connectivity index (χ2n) is 4.57. The molecule has 0 rings (SSSR count). The van der Waals surface area contributed by atoms with Crippen LogP contribution in [0.25, 0.3) is 0 Å². The van der Waals surface area contributed by atoms with Gasteiger partial charge < -0.3 is 10.5 Å². The predicted molar refractivity (Wildman–Crippen MR) is 62.8 cm³/mol. The number of nitrogens with two attached hydrogens (primary N) is 1. The highest BCUT2D eigenvalue weighted by Crippen LogP contribution is 2.26. The van der Waals surface area contributed by atoms with Crippen LogP contribution in [0.5, 0.6) is 0 Å². The summed E-state index contributed by atoms with van der Waals surface area (Å²) in [5, 5.41) is 0. The summed E-state index contributed by atoms with van der Waals surface area (Å²) >= 11 is 0. The van der Waals surface area contributed by atoms with Crippen molar-refractivity contribution >= 4 is 0 Å². The minimum absolute atomic E-state index is 0.141. The normalized spacial score (nSPS) is 17.8. The molecule has 0 radical (unpaired) electrons. The van der Waals surface area contributed by atoms with Crippen molar-refractivity contribution in [3.8, 4) is 0 Å². The van der Waals surface area contributed by atoms with Gasteiger partial charge in [0.05, 0.1) is 6.61 Å². The van der Waals surface area contributed by atoms with Gasteiger partial charge >= 0.3 is 6.18 Å². The van der Waals surface area contributed by atoms with Gasteiger partial charge in [0.15, 0.2) is 6.10 Å². The predicted octanol–water partition coefficient (Wildman–Crippen LogP) is 3.50. The fraction of sp³-hybridized carbons (Fsp3) is 1.00. The van der Waals surface area contributed by atoms with Crippen LogP contribution in [0.15, 0.2) is 0 Å². The van der Waals surface area contributed by atoms with Crippen molar-refractivity contribution in [1.82, 2.24) is 0 Å². The zero-order chi connectivity index (χ0) is 13.5. The van der Waals surface area contributed by atoms with Gasteiger partial charge in [-0.3, -0.25) is 0 Å². The van der Waals surface area contributed by atoms with Gasteiger partial charge in [-0.25, -0.2) is 0 Å². The lowest BCUT2D eigenvalue weighted by Gasteiger charge is -2.26. The Kier molecular flexibility index (Phi) is 7.79. The van der Waals surface area contributed by atoms with Gasteiger partial charge in [-0.05, 0) is 19.3 Å². The molecule has 104 valence electrons. The molecule has 0 heterocycles. The molecule has 0 amide bonds. The molecule has 0 aromatic heterocycles. The number of hydrogen-bond acceptors (Lipinski definition) is 2. The highest BCUT2D eigenvalue weighted by atomic mass is 19.4. The van der Waals surface area contributed by atoms with Crippen molar-refractivity contribution < 1.29 is 17.9 Å². The lowest BCUT2D eigenvalue weighted by atomic mass is 10.0. The number of hydrogen-bond donors (Lipinski definition) is 1. The molecule has 2 nitrogen and oxygen atoms in total. The summed E-state index contributed by atoms with van der Waals surface area (Å²) in [4.78, 5) is 0. The van der Waals surface area contributed by atoms with Crippen LogP contribution in [-0.2, 0) is 4.74 Å². The zero-order valence-corrected chi connectivity index (χ0v) is 10.9. The van der Waals surface area contributed by atoms with Crippen LogP contribution in [0.1, 0.15) is 46.5 Å². The first kappa shape index (κ1) is 16.7. The molecule has 0 saturated heterocycles. The van der Waals surface area contributed by atoms with Crippen LogP contribution in [0.3, 0.4) is 0 Å². The standard InChI is InChI=1S/C12H24F3NO/c1-4-6-7-10(5-2)8-17-11(9(3)16)12(13,14)15/h9-11H,4-8,16H2,1-3H3. The van der Waals surface area contributed by atoms with Crippen molar-refractivity contribution in [2.45, 2.75) is 64.8 Å². The molecule has 3 unspecified atom stereocenters. The average molecular weight is 255 g/mol. The lowest BCUT2D eigenvalue weighted by molar-refractivity contribution is -0.228. The second kappa shape index (κ2) is 7.93. The summed E-state index contributed by atoms with van der Waals surface area (Å²) < 4.78 is 42.7. The van der Waals surface area contributed by atoms with E-state index in [0.29, 0.717) is 0 Å². The van der Waals surface area contributed by atoms with Crippen LogP contribution in [-0.4, -0.2) is 24.9 Å². The fourth-order valence-corrected chi connectivity index (χ4v) is 1.68. The first-order chi connectivity index (χ1) is 7.82. The molecule has 2 N–H and O–H groups in total. The molecule has 0 aliphatic carbocycles. The van der Waals surface area contributed by atoms with E-state index >= 15 is 0 Å². The van der Waals surface area contributed by atoms with E-state index in [2.05, 4.69) is 6.92 Å². The number of halogens is 3. The van der Waals surface area contributed by atoms with Crippen LogP contribution in [0.4, 0.5) is 13.2 Å². The summed E-state index contributed by atoms with van der Waals surface area (Å²) in [6, 6.07) is -1.03. The van der Waals surface area contributed by atoms with E-state index < -0.39 is 18.3 Å². The summed E-state index contributed by atoms with van der Waals surface area (Å²) in [5.74, 6) is 0.193. The van der Waals surface area contributed by atoms with Crippen molar-refractivity contribution in [3.63, 3.8) is 0 Å². The van der Waals surface area contributed by atoms with E-state index in [0.717, 1.165) is 25.7 Å².